The van der Waals surface area contributed by atoms with Gasteiger partial charge in [-0.15, -0.1) is 0 Å². The zero-order chi connectivity index (χ0) is 22.4. The first-order valence-corrected chi connectivity index (χ1v) is 11.8. The lowest BCUT2D eigenvalue weighted by molar-refractivity contribution is -0.120. The number of hydrogen-bond acceptors (Lipinski definition) is 5. The zero-order valence-corrected chi connectivity index (χ0v) is 18.6. The summed E-state index contributed by atoms with van der Waals surface area (Å²) in [5.41, 5.74) is 7.18. The van der Waals surface area contributed by atoms with Crippen LogP contribution in [0.4, 0.5) is 5.69 Å². The normalized spacial score (nSPS) is 13.6. The number of carbonyl (C=O) groups is 2. The predicted octanol–water partition coefficient (Wildman–Crippen LogP) is 1.93. The summed E-state index contributed by atoms with van der Waals surface area (Å²) >= 11 is 0. The maximum atomic E-state index is 12.7. The minimum atomic E-state index is -3.68. The van der Waals surface area contributed by atoms with E-state index >= 15 is 0 Å². The Labute approximate surface area is 183 Å². The molecule has 0 unspecified atom stereocenters. The molecule has 2 N–H and O–H groups in total. The van der Waals surface area contributed by atoms with Crippen LogP contribution in [-0.2, 0) is 21.2 Å². The lowest BCUT2D eigenvalue weighted by atomic mass is 10.0. The number of aryl methyl sites for hydroxylation is 1. The molecule has 0 radical (unpaired) electrons. The predicted molar refractivity (Wildman–Crippen MR) is 119 cm³/mol. The average Bonchev–Trinajstić information content (AvgIpc) is 2.78. The molecule has 0 fully saturated rings. The molecule has 0 spiro atoms. The van der Waals surface area contributed by atoms with E-state index in [9.17, 15) is 18.0 Å². The van der Waals surface area contributed by atoms with Crippen molar-refractivity contribution in [3.8, 4) is 0 Å². The monoisotopic (exact) mass is 444 g/mol. The van der Waals surface area contributed by atoms with Crippen LogP contribution in [0.5, 0.6) is 0 Å². The molecule has 1 aliphatic heterocycles. The largest absolute Gasteiger partial charge is 0.362 e. The van der Waals surface area contributed by atoms with E-state index in [1.165, 1.54) is 34.1 Å². The number of amides is 2. The maximum absolute atomic E-state index is 12.7. The van der Waals surface area contributed by atoms with Gasteiger partial charge < -0.3 is 4.90 Å². The third-order valence-corrected chi connectivity index (χ3v) is 7.34. The molecule has 2 aromatic carbocycles. The van der Waals surface area contributed by atoms with E-state index in [0.29, 0.717) is 13.1 Å². The van der Waals surface area contributed by atoms with E-state index in [1.807, 2.05) is 23.1 Å². The lowest BCUT2D eigenvalue weighted by Gasteiger charge is -2.30. The molecule has 1 aliphatic rings. The van der Waals surface area contributed by atoms with Crippen molar-refractivity contribution in [3.05, 3.63) is 59.7 Å². The highest BCUT2D eigenvalue weighted by Gasteiger charge is 2.23. The summed E-state index contributed by atoms with van der Waals surface area (Å²) in [6.07, 6.45) is 1.95. The number of hydrogen-bond donors (Lipinski definition) is 2. The van der Waals surface area contributed by atoms with Crippen LogP contribution in [-0.4, -0.2) is 50.7 Å². The SMILES string of the molecule is CCN(CC)S(=O)(=O)c1cccc(C(=O)NNC(=O)CN2CCCc3ccccc32)c1. The molecule has 1 heterocycles. The fourth-order valence-corrected chi connectivity index (χ4v) is 5.20. The summed E-state index contributed by atoms with van der Waals surface area (Å²) in [6, 6.07) is 13.8. The second-order valence-electron chi connectivity index (χ2n) is 7.27. The number of anilines is 1. The first kappa shape index (κ1) is 22.8. The first-order chi connectivity index (χ1) is 14.9. The van der Waals surface area contributed by atoms with Crippen molar-refractivity contribution in [2.45, 2.75) is 31.6 Å². The quantitative estimate of drug-likeness (QED) is 0.636. The molecule has 2 amide bonds. The zero-order valence-electron chi connectivity index (χ0n) is 17.8. The second kappa shape index (κ2) is 9.93. The van der Waals surface area contributed by atoms with Gasteiger partial charge in [0.2, 0.25) is 10.0 Å². The van der Waals surface area contributed by atoms with Crippen LogP contribution in [0, 0.1) is 0 Å². The van der Waals surface area contributed by atoms with Gasteiger partial charge in [0.15, 0.2) is 0 Å². The van der Waals surface area contributed by atoms with Crippen molar-refractivity contribution in [2.24, 2.45) is 0 Å². The Morgan fingerprint density at radius 2 is 1.77 bits per heavy atom. The van der Waals surface area contributed by atoms with Gasteiger partial charge in [-0.3, -0.25) is 20.4 Å². The molecule has 0 bridgehead atoms. The van der Waals surface area contributed by atoms with Crippen molar-refractivity contribution < 1.29 is 18.0 Å². The third kappa shape index (κ3) is 5.23. The third-order valence-electron chi connectivity index (χ3n) is 5.30. The van der Waals surface area contributed by atoms with Crippen LogP contribution in [0.25, 0.3) is 0 Å². The van der Waals surface area contributed by atoms with Gasteiger partial charge in [-0.2, -0.15) is 4.31 Å². The van der Waals surface area contributed by atoms with E-state index in [4.69, 9.17) is 0 Å². The number of benzene rings is 2. The summed E-state index contributed by atoms with van der Waals surface area (Å²) in [5.74, 6) is -0.930. The summed E-state index contributed by atoms with van der Waals surface area (Å²) in [4.78, 5) is 26.9. The minimum Gasteiger partial charge on any atom is -0.362 e. The summed E-state index contributed by atoms with van der Waals surface area (Å²) < 4.78 is 26.7. The molecule has 0 atom stereocenters. The van der Waals surface area contributed by atoms with Gasteiger partial charge in [0.25, 0.3) is 11.8 Å². The number of nitrogens with one attached hydrogen (secondary N) is 2. The van der Waals surface area contributed by atoms with E-state index < -0.39 is 15.9 Å². The fourth-order valence-electron chi connectivity index (χ4n) is 3.70. The van der Waals surface area contributed by atoms with Crippen LogP contribution in [0.1, 0.15) is 36.2 Å². The molecule has 0 aromatic heterocycles. The molecular weight excluding hydrogens is 416 g/mol. The Morgan fingerprint density at radius 1 is 1.03 bits per heavy atom. The Kier molecular flexibility index (Phi) is 7.29. The van der Waals surface area contributed by atoms with Gasteiger partial charge in [0.1, 0.15) is 0 Å². The van der Waals surface area contributed by atoms with Crippen molar-refractivity contribution in [1.82, 2.24) is 15.2 Å². The number of fused-ring (bicyclic) bond motifs is 1. The summed E-state index contributed by atoms with van der Waals surface area (Å²) in [7, 11) is -3.68. The molecule has 166 valence electrons. The highest BCUT2D eigenvalue weighted by Crippen LogP contribution is 2.26. The molecule has 3 rings (SSSR count). The van der Waals surface area contributed by atoms with Gasteiger partial charge in [0.05, 0.1) is 11.4 Å². The molecular formula is C22H28N4O4S. The van der Waals surface area contributed by atoms with Crippen LogP contribution in [0.15, 0.2) is 53.4 Å². The average molecular weight is 445 g/mol. The number of sulfonamides is 1. The molecule has 9 heteroatoms. The van der Waals surface area contributed by atoms with Crippen molar-refractivity contribution in [2.75, 3.05) is 31.1 Å². The maximum Gasteiger partial charge on any atom is 0.269 e. The number of nitrogens with zero attached hydrogens (tertiary/aromatic N) is 2. The number of para-hydroxylation sites is 1. The Bertz CT molecular complexity index is 1050. The van der Waals surface area contributed by atoms with Crippen molar-refractivity contribution in [3.63, 3.8) is 0 Å². The highest BCUT2D eigenvalue weighted by molar-refractivity contribution is 7.89. The Hall–Kier alpha value is -2.91. The molecule has 31 heavy (non-hydrogen) atoms. The van der Waals surface area contributed by atoms with Gasteiger partial charge >= 0.3 is 0 Å². The molecule has 0 saturated carbocycles. The summed E-state index contributed by atoms with van der Waals surface area (Å²) in [5, 5.41) is 0. The van der Waals surface area contributed by atoms with E-state index in [-0.39, 0.29) is 22.9 Å². The molecule has 0 saturated heterocycles. The van der Waals surface area contributed by atoms with Crippen molar-refractivity contribution in [1.29, 1.82) is 0 Å². The fraction of sp³-hybridized carbons (Fsp3) is 0.364. The summed E-state index contributed by atoms with van der Waals surface area (Å²) in [6.45, 7) is 5.08. The van der Waals surface area contributed by atoms with Gasteiger partial charge in [-0.1, -0.05) is 38.1 Å². The van der Waals surface area contributed by atoms with Crippen LogP contribution in [0.3, 0.4) is 0 Å². The standard InChI is InChI=1S/C22H28N4O4S/c1-3-26(4-2)31(29,30)19-12-7-10-18(15-19)22(28)24-23-21(27)16-25-14-8-11-17-9-5-6-13-20(17)25/h5-7,9-10,12-13,15H,3-4,8,11,14,16H2,1-2H3,(H,23,27)(H,24,28). The molecule has 2 aromatic rings. The second-order valence-corrected chi connectivity index (χ2v) is 9.21. The van der Waals surface area contributed by atoms with Gasteiger partial charge in [0, 0.05) is 30.9 Å². The lowest BCUT2D eigenvalue weighted by Crippen LogP contribution is -2.47. The smallest absolute Gasteiger partial charge is 0.269 e. The highest BCUT2D eigenvalue weighted by atomic mass is 32.2. The first-order valence-electron chi connectivity index (χ1n) is 10.4. The van der Waals surface area contributed by atoms with Gasteiger partial charge in [-0.25, -0.2) is 8.42 Å². The topological polar surface area (TPSA) is 98.8 Å². The molecule has 8 nitrogen and oxygen atoms in total. The van der Waals surface area contributed by atoms with E-state index in [2.05, 4.69) is 16.9 Å². The number of hydrazine groups is 1. The van der Waals surface area contributed by atoms with Crippen LogP contribution in [0.2, 0.25) is 0 Å². The van der Waals surface area contributed by atoms with E-state index in [1.54, 1.807) is 13.8 Å². The van der Waals surface area contributed by atoms with Crippen LogP contribution < -0.4 is 15.8 Å². The Balaban J connectivity index is 1.62. The minimum absolute atomic E-state index is 0.0418. The van der Waals surface area contributed by atoms with Gasteiger partial charge in [-0.05, 0) is 42.7 Å². The number of rotatable bonds is 7. The van der Waals surface area contributed by atoms with Crippen LogP contribution >= 0.6 is 0 Å². The number of carbonyl (C=O) groups excluding carboxylic acids is 2. The Morgan fingerprint density at radius 3 is 2.52 bits per heavy atom. The molecule has 0 aliphatic carbocycles. The van der Waals surface area contributed by atoms with Crippen molar-refractivity contribution >= 4 is 27.5 Å². The van der Waals surface area contributed by atoms with E-state index in [0.717, 1.165) is 25.1 Å².